The van der Waals surface area contributed by atoms with Gasteiger partial charge in [0.1, 0.15) is 5.69 Å². The van der Waals surface area contributed by atoms with Crippen molar-refractivity contribution in [3.63, 3.8) is 0 Å². The summed E-state index contributed by atoms with van der Waals surface area (Å²) in [7, 11) is 0. The molecule has 0 aliphatic heterocycles. The van der Waals surface area contributed by atoms with Crippen LogP contribution in [0.4, 0.5) is 5.69 Å². The minimum Gasteiger partial charge on any atom is -0.234 e. The fourth-order valence-corrected chi connectivity index (χ4v) is 3.66. The van der Waals surface area contributed by atoms with Gasteiger partial charge in [0.05, 0.1) is 17.6 Å². The number of aromatic nitrogens is 2. The van der Waals surface area contributed by atoms with Crippen LogP contribution >= 0.6 is 12.2 Å². The van der Waals surface area contributed by atoms with Gasteiger partial charge in [0.2, 0.25) is 0 Å². The molecule has 3 rings (SSSR count). The molecule has 1 saturated carbocycles. The van der Waals surface area contributed by atoms with Gasteiger partial charge in [-0.25, -0.2) is 9.97 Å². The number of hydrogen-bond acceptors (Lipinski definition) is 4. The molecule has 0 amide bonds. The Kier molecular flexibility index (Phi) is 7.27. The second-order valence-corrected chi connectivity index (χ2v) is 7.36. The Labute approximate surface area is 167 Å². The first-order valence-corrected chi connectivity index (χ1v) is 10.2. The fourth-order valence-electron chi connectivity index (χ4n) is 3.56. The fraction of sp³-hybridized carbons (Fsp3) is 0.435. The topological polar surface area (TPSA) is 38.1 Å². The number of nitrogens with zero attached hydrogens (tertiary/aromatic N) is 3. The predicted octanol–water partition coefficient (Wildman–Crippen LogP) is 6.23. The Bertz CT molecular complexity index is 832. The highest BCUT2D eigenvalue weighted by molar-refractivity contribution is 7.78. The molecule has 1 aliphatic carbocycles. The third-order valence-corrected chi connectivity index (χ3v) is 5.28. The standard InChI is InChI=1S/C23H25N3S/c1-2-3-4-18-5-7-19(8-6-18)9-10-20-11-13-21(14-12-20)23-24-15-22(16-25-23)26-17-27/h11-16,18-19H,2-8H2,1H3. The van der Waals surface area contributed by atoms with Crippen molar-refractivity contribution in [3.8, 4) is 23.2 Å². The zero-order valence-corrected chi connectivity index (χ0v) is 16.6. The van der Waals surface area contributed by atoms with E-state index in [-0.39, 0.29) is 0 Å². The van der Waals surface area contributed by atoms with Gasteiger partial charge < -0.3 is 0 Å². The third kappa shape index (κ3) is 5.82. The summed E-state index contributed by atoms with van der Waals surface area (Å²) in [5.41, 5.74) is 2.63. The highest BCUT2D eigenvalue weighted by atomic mass is 32.1. The van der Waals surface area contributed by atoms with Crippen LogP contribution in [-0.4, -0.2) is 15.1 Å². The maximum atomic E-state index is 4.58. The molecule has 0 radical (unpaired) electrons. The van der Waals surface area contributed by atoms with Crippen molar-refractivity contribution in [2.75, 3.05) is 0 Å². The van der Waals surface area contributed by atoms with Crippen LogP contribution in [0, 0.1) is 23.7 Å². The molecule has 0 saturated heterocycles. The van der Waals surface area contributed by atoms with Gasteiger partial charge in [0, 0.05) is 17.0 Å². The molecule has 2 aromatic rings. The zero-order chi connectivity index (χ0) is 18.9. The molecule has 3 nitrogen and oxygen atoms in total. The van der Waals surface area contributed by atoms with E-state index in [0.29, 0.717) is 17.4 Å². The van der Waals surface area contributed by atoms with Crippen molar-refractivity contribution in [2.45, 2.75) is 51.9 Å². The maximum absolute atomic E-state index is 4.58. The Morgan fingerprint density at radius 1 is 1.07 bits per heavy atom. The van der Waals surface area contributed by atoms with E-state index in [1.54, 1.807) is 12.4 Å². The molecule has 1 heterocycles. The monoisotopic (exact) mass is 375 g/mol. The van der Waals surface area contributed by atoms with Crippen LogP contribution in [0.5, 0.6) is 0 Å². The lowest BCUT2D eigenvalue weighted by Crippen LogP contribution is -2.13. The molecule has 0 unspecified atom stereocenters. The normalized spacial score (nSPS) is 18.9. The van der Waals surface area contributed by atoms with Crippen molar-refractivity contribution < 1.29 is 0 Å². The van der Waals surface area contributed by atoms with E-state index in [2.05, 4.69) is 51.1 Å². The first-order valence-electron chi connectivity index (χ1n) is 9.80. The summed E-state index contributed by atoms with van der Waals surface area (Å²) < 4.78 is 0. The highest BCUT2D eigenvalue weighted by Crippen LogP contribution is 2.31. The average Bonchev–Trinajstić information content (AvgIpc) is 2.73. The van der Waals surface area contributed by atoms with Gasteiger partial charge in [-0.1, -0.05) is 38.0 Å². The van der Waals surface area contributed by atoms with Crippen molar-refractivity contribution in [2.24, 2.45) is 16.8 Å². The quantitative estimate of drug-likeness (QED) is 0.353. The minimum atomic E-state index is 0.556. The molecule has 4 heteroatoms. The van der Waals surface area contributed by atoms with E-state index >= 15 is 0 Å². The van der Waals surface area contributed by atoms with Gasteiger partial charge in [0.25, 0.3) is 0 Å². The summed E-state index contributed by atoms with van der Waals surface area (Å²) >= 11 is 4.58. The molecule has 0 N–H and O–H groups in total. The van der Waals surface area contributed by atoms with Gasteiger partial charge in [-0.15, -0.1) is 0 Å². The first-order chi connectivity index (χ1) is 13.3. The summed E-state index contributed by atoms with van der Waals surface area (Å²) in [6.45, 7) is 2.28. The van der Waals surface area contributed by atoms with Crippen LogP contribution in [0.3, 0.4) is 0 Å². The Morgan fingerprint density at radius 3 is 2.41 bits per heavy atom. The Balaban J connectivity index is 1.57. The SMILES string of the molecule is CCCCC1CCC(C#Cc2ccc(-c3ncc(N=C=S)cn3)cc2)CC1. The number of aliphatic imine (C=N–C) groups is 1. The van der Waals surface area contributed by atoms with E-state index in [4.69, 9.17) is 0 Å². The van der Waals surface area contributed by atoms with Gasteiger partial charge in [0.15, 0.2) is 5.82 Å². The van der Waals surface area contributed by atoms with E-state index in [9.17, 15) is 0 Å². The van der Waals surface area contributed by atoms with Crippen molar-refractivity contribution in [1.29, 1.82) is 0 Å². The minimum absolute atomic E-state index is 0.556. The number of thiocarbonyl (C=S) groups is 1. The molecule has 1 aliphatic rings. The van der Waals surface area contributed by atoms with E-state index in [1.807, 2.05) is 24.3 Å². The molecule has 0 bridgehead atoms. The molecular weight excluding hydrogens is 350 g/mol. The van der Waals surface area contributed by atoms with Crippen LogP contribution in [0.15, 0.2) is 41.7 Å². The number of hydrogen-bond donors (Lipinski definition) is 0. The summed E-state index contributed by atoms with van der Waals surface area (Å²) in [5, 5.41) is 2.32. The maximum Gasteiger partial charge on any atom is 0.159 e. The van der Waals surface area contributed by atoms with Crippen LogP contribution in [0.2, 0.25) is 0 Å². The van der Waals surface area contributed by atoms with Crippen LogP contribution in [0.1, 0.15) is 57.4 Å². The lowest BCUT2D eigenvalue weighted by atomic mass is 9.80. The van der Waals surface area contributed by atoms with Crippen molar-refractivity contribution in [1.82, 2.24) is 9.97 Å². The summed E-state index contributed by atoms with van der Waals surface area (Å²) in [6.07, 6.45) is 12.6. The number of benzene rings is 1. The largest absolute Gasteiger partial charge is 0.234 e. The molecule has 138 valence electrons. The second-order valence-electron chi connectivity index (χ2n) is 7.17. The average molecular weight is 376 g/mol. The molecule has 1 aromatic carbocycles. The molecule has 27 heavy (non-hydrogen) atoms. The highest BCUT2D eigenvalue weighted by Gasteiger charge is 2.19. The zero-order valence-electron chi connectivity index (χ0n) is 15.8. The van der Waals surface area contributed by atoms with Gasteiger partial charge in [-0.2, -0.15) is 4.99 Å². The van der Waals surface area contributed by atoms with Crippen molar-refractivity contribution >= 4 is 23.1 Å². The van der Waals surface area contributed by atoms with Crippen LogP contribution in [-0.2, 0) is 0 Å². The molecule has 1 aromatic heterocycles. The third-order valence-electron chi connectivity index (χ3n) is 5.19. The molecular formula is C23H25N3S. The van der Waals surface area contributed by atoms with E-state index in [0.717, 1.165) is 17.0 Å². The molecule has 0 atom stereocenters. The smallest absolute Gasteiger partial charge is 0.159 e. The molecule has 0 spiro atoms. The van der Waals surface area contributed by atoms with Gasteiger partial charge in [-0.05, 0) is 68.1 Å². The van der Waals surface area contributed by atoms with Crippen molar-refractivity contribution in [3.05, 3.63) is 42.2 Å². The van der Waals surface area contributed by atoms with E-state index in [1.165, 1.54) is 44.9 Å². The molecule has 1 fully saturated rings. The van der Waals surface area contributed by atoms with Crippen LogP contribution in [0.25, 0.3) is 11.4 Å². The Morgan fingerprint density at radius 2 is 1.78 bits per heavy atom. The number of unbranched alkanes of at least 4 members (excludes halogenated alkanes) is 1. The van der Waals surface area contributed by atoms with Gasteiger partial charge >= 0.3 is 0 Å². The summed E-state index contributed by atoms with van der Waals surface area (Å²) in [5.74, 6) is 9.00. The predicted molar refractivity (Wildman–Crippen MR) is 114 cm³/mol. The summed E-state index contributed by atoms with van der Waals surface area (Å²) in [6, 6.07) is 8.12. The second kappa shape index (κ2) is 10.1. The summed E-state index contributed by atoms with van der Waals surface area (Å²) in [4.78, 5) is 12.5. The first kappa shape index (κ1) is 19.4. The number of isothiocyanates is 1. The van der Waals surface area contributed by atoms with Crippen LogP contribution < -0.4 is 0 Å². The van der Waals surface area contributed by atoms with E-state index < -0.39 is 0 Å². The lowest BCUT2D eigenvalue weighted by Gasteiger charge is -2.25. The lowest BCUT2D eigenvalue weighted by molar-refractivity contribution is 0.296. The Hall–Kier alpha value is -2.34. The number of rotatable bonds is 5. The van der Waals surface area contributed by atoms with Gasteiger partial charge in [-0.3, -0.25) is 0 Å².